The van der Waals surface area contributed by atoms with Gasteiger partial charge in [-0.05, 0) is 77.8 Å². The third-order valence-corrected chi connectivity index (χ3v) is 7.34. The molecule has 0 fully saturated rings. The average molecular weight is 457 g/mol. The number of amides is 1. The minimum atomic E-state index is -0.390. The molecule has 0 unspecified atom stereocenters. The SMILES string of the molecule is CCCc1cccc(F)c1NC(=O)c1cc2c(s1)-c1cc(-c3cccnc3)ccc1CCC2. The number of aryl methyl sites for hydroxylation is 3. The maximum atomic E-state index is 14.5. The van der Waals surface area contributed by atoms with Gasteiger partial charge in [0.2, 0.25) is 0 Å². The quantitative estimate of drug-likeness (QED) is 0.342. The van der Waals surface area contributed by atoms with Crippen LogP contribution >= 0.6 is 11.3 Å². The maximum Gasteiger partial charge on any atom is 0.265 e. The van der Waals surface area contributed by atoms with Crippen LogP contribution < -0.4 is 5.32 Å². The second kappa shape index (κ2) is 9.28. The molecule has 5 heteroatoms. The first-order valence-electron chi connectivity index (χ1n) is 11.4. The van der Waals surface area contributed by atoms with Gasteiger partial charge in [0.25, 0.3) is 5.91 Å². The molecule has 2 aromatic heterocycles. The smallest absolute Gasteiger partial charge is 0.265 e. The Morgan fingerprint density at radius 3 is 2.76 bits per heavy atom. The first kappa shape index (κ1) is 21.5. The van der Waals surface area contributed by atoms with Gasteiger partial charge in [-0.25, -0.2) is 4.39 Å². The Labute approximate surface area is 197 Å². The third-order valence-electron chi connectivity index (χ3n) is 6.13. The zero-order valence-corrected chi connectivity index (χ0v) is 19.3. The van der Waals surface area contributed by atoms with Crippen molar-refractivity contribution in [3.63, 3.8) is 0 Å². The second-order valence-electron chi connectivity index (χ2n) is 8.41. The summed E-state index contributed by atoms with van der Waals surface area (Å²) in [4.78, 5) is 19.2. The molecule has 4 aromatic rings. The van der Waals surface area contributed by atoms with Crippen molar-refractivity contribution in [3.8, 4) is 21.6 Å². The van der Waals surface area contributed by atoms with E-state index in [1.165, 1.54) is 34.1 Å². The summed E-state index contributed by atoms with van der Waals surface area (Å²) >= 11 is 1.50. The molecule has 3 nitrogen and oxygen atoms in total. The van der Waals surface area contributed by atoms with Gasteiger partial charge in [0, 0.05) is 22.8 Å². The number of para-hydroxylation sites is 1. The highest BCUT2D eigenvalue weighted by Gasteiger charge is 2.22. The zero-order valence-electron chi connectivity index (χ0n) is 18.5. The largest absolute Gasteiger partial charge is 0.319 e. The first-order valence-corrected chi connectivity index (χ1v) is 12.2. The Morgan fingerprint density at radius 2 is 1.94 bits per heavy atom. The van der Waals surface area contributed by atoms with Gasteiger partial charge in [0.15, 0.2) is 0 Å². The van der Waals surface area contributed by atoms with Crippen molar-refractivity contribution in [2.24, 2.45) is 0 Å². The number of carbonyl (C=O) groups excluding carboxylic acids is 1. The van der Waals surface area contributed by atoms with E-state index in [1.807, 2.05) is 31.3 Å². The van der Waals surface area contributed by atoms with Crippen molar-refractivity contribution in [2.45, 2.75) is 39.0 Å². The van der Waals surface area contributed by atoms with E-state index >= 15 is 0 Å². The lowest BCUT2D eigenvalue weighted by Gasteiger charge is -2.11. The van der Waals surface area contributed by atoms with E-state index in [2.05, 4.69) is 34.6 Å². The van der Waals surface area contributed by atoms with Crippen LogP contribution in [0.3, 0.4) is 0 Å². The summed E-state index contributed by atoms with van der Waals surface area (Å²) in [6.07, 6.45) is 8.23. The van der Waals surface area contributed by atoms with Crippen LogP contribution in [0.5, 0.6) is 0 Å². The van der Waals surface area contributed by atoms with Crippen molar-refractivity contribution in [3.05, 3.63) is 94.4 Å². The predicted molar refractivity (Wildman–Crippen MR) is 133 cm³/mol. The molecule has 33 heavy (non-hydrogen) atoms. The van der Waals surface area contributed by atoms with E-state index in [9.17, 15) is 9.18 Å². The molecule has 0 saturated heterocycles. The highest BCUT2D eigenvalue weighted by Crippen LogP contribution is 2.40. The Kier molecular flexibility index (Phi) is 6.05. The van der Waals surface area contributed by atoms with Gasteiger partial charge in [-0.3, -0.25) is 9.78 Å². The molecular weight excluding hydrogens is 431 g/mol. The number of benzene rings is 2. The van der Waals surface area contributed by atoms with Gasteiger partial charge in [-0.1, -0.05) is 43.7 Å². The second-order valence-corrected chi connectivity index (χ2v) is 9.46. The Hall–Kier alpha value is -3.31. The monoisotopic (exact) mass is 456 g/mol. The van der Waals surface area contributed by atoms with E-state index in [-0.39, 0.29) is 11.7 Å². The van der Waals surface area contributed by atoms with E-state index in [1.54, 1.807) is 12.3 Å². The number of nitrogens with one attached hydrogen (secondary N) is 1. The number of pyridine rings is 1. The number of aromatic nitrogens is 1. The van der Waals surface area contributed by atoms with Crippen LogP contribution in [0, 0.1) is 5.82 Å². The molecule has 1 aliphatic rings. The summed E-state index contributed by atoms with van der Waals surface area (Å²) < 4.78 is 14.5. The first-order chi connectivity index (χ1) is 16.1. The number of thiophene rings is 1. The summed E-state index contributed by atoms with van der Waals surface area (Å²) in [5.74, 6) is -0.639. The summed E-state index contributed by atoms with van der Waals surface area (Å²) in [7, 11) is 0. The fourth-order valence-electron chi connectivity index (χ4n) is 4.50. The molecular formula is C28H25FN2OS. The number of halogens is 1. The lowest BCUT2D eigenvalue weighted by molar-refractivity contribution is 0.103. The lowest BCUT2D eigenvalue weighted by atomic mass is 9.98. The lowest BCUT2D eigenvalue weighted by Crippen LogP contribution is -2.13. The summed E-state index contributed by atoms with van der Waals surface area (Å²) in [5.41, 5.74) is 6.99. The Morgan fingerprint density at radius 1 is 1.06 bits per heavy atom. The minimum Gasteiger partial charge on any atom is -0.319 e. The molecule has 5 rings (SSSR count). The molecule has 0 bridgehead atoms. The summed E-state index contributed by atoms with van der Waals surface area (Å²) in [6, 6.07) is 17.5. The van der Waals surface area contributed by atoms with Gasteiger partial charge in [-0.15, -0.1) is 11.3 Å². The third kappa shape index (κ3) is 4.33. The highest BCUT2D eigenvalue weighted by molar-refractivity contribution is 7.17. The predicted octanol–water partition coefficient (Wildman–Crippen LogP) is 7.31. The molecule has 2 aromatic carbocycles. The number of hydrogen-bond acceptors (Lipinski definition) is 3. The van der Waals surface area contributed by atoms with E-state index in [0.717, 1.165) is 53.7 Å². The molecule has 0 atom stereocenters. The van der Waals surface area contributed by atoms with E-state index in [0.29, 0.717) is 10.6 Å². The Balaban J connectivity index is 1.50. The number of rotatable bonds is 5. The van der Waals surface area contributed by atoms with Crippen molar-refractivity contribution in [1.82, 2.24) is 4.98 Å². The summed E-state index contributed by atoms with van der Waals surface area (Å²) in [5, 5.41) is 2.85. The highest BCUT2D eigenvalue weighted by atomic mass is 32.1. The van der Waals surface area contributed by atoms with Crippen molar-refractivity contribution in [2.75, 3.05) is 5.32 Å². The maximum absolute atomic E-state index is 14.5. The van der Waals surface area contributed by atoms with Crippen LogP contribution in [-0.2, 0) is 19.3 Å². The average Bonchev–Trinajstić information content (AvgIpc) is 3.19. The van der Waals surface area contributed by atoms with Crippen molar-refractivity contribution >= 4 is 22.9 Å². The fraction of sp³-hybridized carbons (Fsp3) is 0.214. The van der Waals surface area contributed by atoms with Crippen LogP contribution in [0.2, 0.25) is 0 Å². The van der Waals surface area contributed by atoms with Gasteiger partial charge in [0.1, 0.15) is 5.82 Å². The molecule has 0 radical (unpaired) electrons. The van der Waals surface area contributed by atoms with Gasteiger partial charge in [0.05, 0.1) is 10.6 Å². The van der Waals surface area contributed by atoms with Crippen molar-refractivity contribution in [1.29, 1.82) is 0 Å². The van der Waals surface area contributed by atoms with Crippen LogP contribution in [0.15, 0.2) is 67.0 Å². The molecule has 1 aliphatic carbocycles. The topological polar surface area (TPSA) is 42.0 Å². The van der Waals surface area contributed by atoms with Crippen LogP contribution in [-0.4, -0.2) is 10.9 Å². The molecule has 0 aliphatic heterocycles. The van der Waals surface area contributed by atoms with E-state index in [4.69, 9.17) is 0 Å². The minimum absolute atomic E-state index is 0.250. The van der Waals surface area contributed by atoms with Crippen LogP contribution in [0.25, 0.3) is 21.6 Å². The zero-order chi connectivity index (χ0) is 22.8. The van der Waals surface area contributed by atoms with Gasteiger partial charge < -0.3 is 5.32 Å². The van der Waals surface area contributed by atoms with Crippen LogP contribution in [0.4, 0.5) is 10.1 Å². The normalized spacial score (nSPS) is 12.5. The number of fused-ring (bicyclic) bond motifs is 3. The Bertz CT molecular complexity index is 1310. The molecule has 2 heterocycles. The molecule has 0 spiro atoms. The number of carbonyl (C=O) groups is 1. The molecule has 1 N–H and O–H groups in total. The molecule has 166 valence electrons. The summed E-state index contributed by atoms with van der Waals surface area (Å²) in [6.45, 7) is 2.05. The fourth-order valence-corrected chi connectivity index (χ4v) is 5.66. The number of hydrogen-bond donors (Lipinski definition) is 1. The van der Waals surface area contributed by atoms with Crippen LogP contribution in [0.1, 0.15) is 46.1 Å². The standard InChI is InChI=1S/C28H25FN2OS/c1-2-6-19-8-4-11-24(29)26(19)31-28(32)25-16-21-9-3-7-18-12-13-20(15-23(18)27(21)33-25)22-10-5-14-30-17-22/h4-5,8,10-17H,2-3,6-7,9H2,1H3,(H,31,32). The molecule has 1 amide bonds. The van der Waals surface area contributed by atoms with E-state index < -0.39 is 0 Å². The number of anilines is 1. The van der Waals surface area contributed by atoms with Gasteiger partial charge >= 0.3 is 0 Å². The van der Waals surface area contributed by atoms with Gasteiger partial charge in [-0.2, -0.15) is 0 Å². The molecule has 0 saturated carbocycles. The number of nitrogens with zero attached hydrogens (tertiary/aromatic N) is 1. The van der Waals surface area contributed by atoms with Crippen molar-refractivity contribution < 1.29 is 9.18 Å².